The first kappa shape index (κ1) is 100.0. The molecule has 8 aromatic rings. The van der Waals surface area contributed by atoms with Crippen molar-refractivity contribution >= 4 is 134 Å². The van der Waals surface area contributed by atoms with Crippen LogP contribution in [0.2, 0.25) is 10.0 Å². The van der Waals surface area contributed by atoms with Crippen molar-refractivity contribution in [2.75, 3.05) is 113 Å². The Morgan fingerprint density at radius 3 is 1.53 bits per heavy atom. The molecule has 2 saturated heterocycles. The number of ether oxygens (including phenoxy) is 9. The average Bonchev–Trinajstić information content (AvgIpc) is 1.59. The molecule has 6 aliphatic heterocycles. The van der Waals surface area contributed by atoms with Crippen LogP contribution in [-0.4, -0.2) is 257 Å². The number of fused-ring (bicyclic) bond motifs is 8. The number of benzene rings is 4. The monoisotopic (exact) mass is 1910 g/mol. The molecule has 37 nitrogen and oxygen atoms in total. The number of carboxylic acids is 1. The van der Waals surface area contributed by atoms with E-state index in [1.54, 1.807) is 56.3 Å². The van der Waals surface area contributed by atoms with E-state index in [1.165, 1.54) is 48.5 Å². The number of methoxy groups -OCH3 is 1. The van der Waals surface area contributed by atoms with Crippen LogP contribution in [0.25, 0.3) is 10.0 Å². The zero-order chi connectivity index (χ0) is 94.9. The summed E-state index contributed by atoms with van der Waals surface area (Å²) >= 11 is 14.7. The number of piperidine rings is 2. The minimum atomic E-state index is -1.11. The summed E-state index contributed by atoms with van der Waals surface area (Å²) in [6, 6.07) is 21.0. The summed E-state index contributed by atoms with van der Waals surface area (Å²) in [7, 11) is 1.32. The van der Waals surface area contributed by atoms with Gasteiger partial charge in [0.1, 0.15) is 74.6 Å². The van der Waals surface area contributed by atoms with E-state index in [9.17, 15) is 67.4 Å². The van der Waals surface area contributed by atoms with Crippen molar-refractivity contribution in [3.8, 4) is 21.5 Å². The number of carbonyl (C=O) groups excluding carboxylic acids is 12. The third-order valence-electron chi connectivity index (χ3n) is 22.1. The third kappa shape index (κ3) is 25.3. The molecule has 5 N–H and O–H groups in total. The summed E-state index contributed by atoms with van der Waals surface area (Å²) in [5.74, 6) is -3.10. The Morgan fingerprint density at radius 1 is 0.526 bits per heavy atom. The van der Waals surface area contributed by atoms with Gasteiger partial charge in [-0.15, -0.1) is 43.1 Å². The van der Waals surface area contributed by atoms with Gasteiger partial charge >= 0.3 is 11.9 Å². The maximum absolute atomic E-state index is 13.6. The van der Waals surface area contributed by atoms with Crippen LogP contribution < -0.4 is 30.7 Å². The maximum Gasteiger partial charge on any atom is 0.346 e. The lowest BCUT2D eigenvalue weighted by atomic mass is 9.99. The zero-order valence-electron chi connectivity index (χ0n) is 74.6. The molecule has 133 heavy (non-hydrogen) atoms. The summed E-state index contributed by atoms with van der Waals surface area (Å²) in [5.41, 5.74) is 6.72. The Labute approximate surface area is 783 Å². The van der Waals surface area contributed by atoms with Crippen LogP contribution in [0.1, 0.15) is 222 Å². The number of unbranched alkanes of at least 4 members (excludes halogenated alkanes) is 2. The number of carboxylic acid groups (broad SMARTS) is 1. The molecule has 4 aromatic carbocycles. The number of amides is 9. The molecule has 10 heterocycles. The molecule has 2 fully saturated rings. The highest BCUT2D eigenvalue weighted by atomic mass is 35.5. The van der Waals surface area contributed by atoms with Crippen molar-refractivity contribution in [2.45, 2.75) is 156 Å². The summed E-state index contributed by atoms with van der Waals surface area (Å²) in [6.45, 7) is 17.0. The van der Waals surface area contributed by atoms with Crippen LogP contribution in [0, 0.1) is 27.7 Å². The summed E-state index contributed by atoms with van der Waals surface area (Å²) in [6.07, 6.45) is 5.78. The molecule has 0 aliphatic carbocycles. The number of ketones is 2. The van der Waals surface area contributed by atoms with E-state index < -0.39 is 78.2 Å². The number of esters is 1. The molecule has 0 saturated carbocycles. The second kappa shape index (κ2) is 48.0. The standard InChI is InChI=1S/C45H49ClN8O12S.C27H38N2O8.C20H17ClN4O3S/c1-25-36-38(27-9-11-28(46)12-10-27)49-30(23-35(57)62-3)40-52-51-26(2)53(40)45(36)67-39(25)42(59)48-16-6-18-64-20-22-65-21-19-63-17-5-15-47-34(56)24-66-32-8-4-7-29-37(32)44(61)54(43(29)60)31-13-14-33(55)50-41(31)58;1-2-3-12-34-14-16-36-17-15-35-13-5-4-7-20(30)19-37-24-9-6-8-21-22(24)18-29(27(21)33)23-10-11-25(31)28-26(23)32;1-9(26)8-14-18-24-23-11(3)25(18)19-15(10(2)17(29-19)20(27)28)16(22-14)12-4-6-13(21)7-5-12/h4,7-12,30-31H,5-6,13-24H2,1-3H3,(H,47,56)(H,48,59)(H,50,55,58);6,8-9,23H,2-5,7,10-19H2,1H3,(H,28,31,32);4-7,14H,8H2,1-3H3,(H,27,28)/t30-,31?;;14-/m1.1/s1. The van der Waals surface area contributed by atoms with Crippen molar-refractivity contribution in [1.29, 1.82) is 0 Å². The van der Waals surface area contributed by atoms with Crippen LogP contribution in [0.3, 0.4) is 0 Å². The molecule has 0 spiro atoms. The number of hydrogen-bond donors (Lipinski definition) is 5. The van der Waals surface area contributed by atoms with Gasteiger partial charge < -0.3 is 63.3 Å². The van der Waals surface area contributed by atoms with Crippen molar-refractivity contribution in [3.05, 3.63) is 184 Å². The van der Waals surface area contributed by atoms with Gasteiger partial charge in [-0.3, -0.25) is 92.2 Å². The van der Waals surface area contributed by atoms with E-state index >= 15 is 0 Å². The van der Waals surface area contributed by atoms with Crippen molar-refractivity contribution in [1.82, 2.24) is 60.6 Å². The summed E-state index contributed by atoms with van der Waals surface area (Å²) in [5, 5.41) is 39.5. The molecule has 4 aromatic heterocycles. The minimum Gasteiger partial charge on any atom is -0.485 e. The van der Waals surface area contributed by atoms with Crippen molar-refractivity contribution in [2.24, 2.45) is 9.98 Å². The van der Waals surface area contributed by atoms with Gasteiger partial charge in [0.15, 0.2) is 24.0 Å². The van der Waals surface area contributed by atoms with E-state index in [4.69, 9.17) is 75.8 Å². The zero-order valence-corrected chi connectivity index (χ0v) is 77.7. The molecular formula is C92H104Cl2N14O23S2. The Morgan fingerprint density at radius 2 is 1.01 bits per heavy atom. The number of imide groups is 3. The first-order valence-electron chi connectivity index (χ1n) is 43.6. The average molecular weight is 1910 g/mol. The molecule has 0 radical (unpaired) electrons. The highest BCUT2D eigenvalue weighted by Gasteiger charge is 2.47. The van der Waals surface area contributed by atoms with Gasteiger partial charge in [0.25, 0.3) is 29.5 Å². The molecule has 0 bridgehead atoms. The molecule has 9 amide bonds. The smallest absolute Gasteiger partial charge is 0.346 e. The van der Waals surface area contributed by atoms with Crippen LogP contribution in [0.5, 0.6) is 11.5 Å². The van der Waals surface area contributed by atoms with Crippen LogP contribution >= 0.6 is 45.9 Å². The minimum absolute atomic E-state index is 0.00120. The van der Waals surface area contributed by atoms with E-state index in [0.29, 0.717) is 201 Å². The number of rotatable bonds is 44. The number of halogens is 2. The highest BCUT2D eigenvalue weighted by Crippen LogP contribution is 2.44. The second-order valence-electron chi connectivity index (χ2n) is 31.6. The van der Waals surface area contributed by atoms with E-state index in [-0.39, 0.29) is 96.3 Å². The lowest BCUT2D eigenvalue weighted by molar-refractivity contribution is -0.141. The molecule has 4 atom stereocenters. The van der Waals surface area contributed by atoms with Crippen LogP contribution in [0.15, 0.2) is 94.9 Å². The molecule has 2 unspecified atom stereocenters. The summed E-state index contributed by atoms with van der Waals surface area (Å²) < 4.78 is 53.2. The number of hydrogen-bond acceptors (Lipinski definition) is 30. The first-order valence-corrected chi connectivity index (χ1v) is 46.0. The fourth-order valence-corrected chi connectivity index (χ4v) is 18.2. The lowest BCUT2D eigenvalue weighted by Crippen LogP contribution is -2.54. The molecule has 14 rings (SSSR count). The Bertz CT molecular complexity index is 5710. The quantitative estimate of drug-likeness (QED) is 0.0135. The third-order valence-corrected chi connectivity index (χ3v) is 25.1. The molecule has 6 aliphatic rings. The number of nitrogens with one attached hydrogen (secondary N) is 4. The predicted octanol–water partition coefficient (Wildman–Crippen LogP) is 9.79. The number of aromatic nitrogens is 6. The SMILES string of the molecule is CC(=O)C[C@H]1N=C(c2ccc(Cl)cc2)c2c(sc(C(=O)O)c2C)-n2c(C)nnc21.CCCCOCCOCCOCCCCC(=O)COc1cccc2c1CN(C1CCC(=O)NC1=O)C2=O.COC(=O)C[C@H]1N=C(c2ccc(Cl)cc2)c2c(sc(C(=O)NCCCOCCOCCOCCCNC(=O)COc3cccc4c3C(=O)N(C3CCC(=O)NC3=O)C4=O)c2C)-n2c(C)nnc21. The number of aryl methyl sites for hydroxylation is 2. The maximum atomic E-state index is 13.6. The molecular weight excluding hydrogens is 1800 g/mol. The first-order chi connectivity index (χ1) is 64.2. The number of Topliss-reactive ketones (excluding diaryl/α,β-unsaturated/α-hetero) is 2. The highest BCUT2D eigenvalue weighted by molar-refractivity contribution is 7.17. The van der Waals surface area contributed by atoms with Gasteiger partial charge in [0, 0.05) is 109 Å². The number of aliphatic imine (C=N–C) groups is 2. The van der Waals surface area contributed by atoms with E-state index in [1.807, 2.05) is 47.2 Å². The Kier molecular flexibility index (Phi) is 36.1. The topological polar surface area (TPSA) is 466 Å². The van der Waals surface area contributed by atoms with Crippen LogP contribution in [0.4, 0.5) is 0 Å². The largest absolute Gasteiger partial charge is 0.485 e. The second-order valence-corrected chi connectivity index (χ2v) is 34.4. The number of carbonyl (C=O) groups is 13. The normalized spacial score (nSPS) is 16.4. The van der Waals surface area contributed by atoms with Gasteiger partial charge in [-0.2, -0.15) is 0 Å². The summed E-state index contributed by atoms with van der Waals surface area (Å²) in [4.78, 5) is 174. The van der Waals surface area contributed by atoms with Crippen molar-refractivity contribution in [3.63, 3.8) is 0 Å². The van der Waals surface area contributed by atoms with Gasteiger partial charge in [-0.25, -0.2) is 4.79 Å². The lowest BCUT2D eigenvalue weighted by Gasteiger charge is -2.29. The van der Waals surface area contributed by atoms with E-state index in [0.717, 1.165) is 69.4 Å². The fourth-order valence-electron chi connectivity index (χ4n) is 15.4. The van der Waals surface area contributed by atoms with Gasteiger partial charge in [0.05, 0.1) is 100 Å². The van der Waals surface area contributed by atoms with Gasteiger partial charge in [-0.05, 0) is 139 Å². The van der Waals surface area contributed by atoms with Crippen LogP contribution in [-0.2, 0) is 78.1 Å². The van der Waals surface area contributed by atoms with E-state index in [2.05, 4.69) is 48.6 Å². The van der Waals surface area contributed by atoms with Crippen molar-refractivity contribution < 1.29 is 110 Å². The Balaban J connectivity index is 0.000000202. The van der Waals surface area contributed by atoms with Gasteiger partial charge in [0.2, 0.25) is 23.6 Å². The van der Waals surface area contributed by atoms with Gasteiger partial charge in [-0.1, -0.05) is 72.9 Å². The number of nitrogens with zero attached hydrogens (tertiary/aromatic N) is 10. The predicted molar refractivity (Wildman–Crippen MR) is 486 cm³/mol. The Hall–Kier alpha value is -12.1. The number of aromatic carboxylic acids is 1. The molecule has 706 valence electrons. The molecule has 41 heteroatoms. The fraction of sp³-hybridized carbons (Fsp3) is 0.446. The number of thiophene rings is 2.